The summed E-state index contributed by atoms with van der Waals surface area (Å²) in [7, 11) is -3.99. The molecule has 3 rings (SSSR count). The number of anilines is 2. The molecule has 140 valence electrons. The molecule has 27 heavy (non-hydrogen) atoms. The standard InChI is InChI=1S/C18H16FN3O3S2/c1-11-9-13(7-8-15(11)19)27(24,25)22-16-6-4-3-5-14(16)17(23)21-18-20-10-12(2)26-18/h3-10,22H,1-2H3,(H,20,21,23). The molecule has 1 amide bonds. The van der Waals surface area contributed by atoms with Crippen molar-refractivity contribution in [3.05, 3.63) is 70.5 Å². The highest BCUT2D eigenvalue weighted by Crippen LogP contribution is 2.23. The molecular weight excluding hydrogens is 389 g/mol. The largest absolute Gasteiger partial charge is 0.298 e. The minimum Gasteiger partial charge on any atom is -0.298 e. The van der Waals surface area contributed by atoms with E-state index in [9.17, 15) is 17.6 Å². The molecule has 0 saturated heterocycles. The summed E-state index contributed by atoms with van der Waals surface area (Å²) < 4.78 is 41.1. The van der Waals surface area contributed by atoms with Crippen LogP contribution in [0.25, 0.3) is 0 Å². The number of amides is 1. The van der Waals surface area contributed by atoms with Gasteiger partial charge in [-0.1, -0.05) is 12.1 Å². The maximum absolute atomic E-state index is 13.4. The molecule has 0 atom stereocenters. The second-order valence-corrected chi connectivity index (χ2v) is 8.71. The van der Waals surface area contributed by atoms with Crippen LogP contribution in [-0.4, -0.2) is 19.3 Å². The normalized spacial score (nSPS) is 11.2. The fraction of sp³-hybridized carbons (Fsp3) is 0.111. The highest BCUT2D eigenvalue weighted by atomic mass is 32.2. The summed E-state index contributed by atoms with van der Waals surface area (Å²) in [5.41, 5.74) is 0.473. The van der Waals surface area contributed by atoms with Gasteiger partial charge in [0.2, 0.25) is 0 Å². The summed E-state index contributed by atoms with van der Waals surface area (Å²) in [6, 6.07) is 9.72. The number of rotatable bonds is 5. The van der Waals surface area contributed by atoms with Crippen LogP contribution in [0.2, 0.25) is 0 Å². The number of carbonyl (C=O) groups excluding carboxylic acids is 1. The molecule has 0 unspecified atom stereocenters. The van der Waals surface area contributed by atoms with E-state index in [1.807, 2.05) is 6.92 Å². The van der Waals surface area contributed by atoms with Crippen LogP contribution in [0.1, 0.15) is 20.8 Å². The van der Waals surface area contributed by atoms with Crippen molar-refractivity contribution in [3.8, 4) is 0 Å². The third kappa shape index (κ3) is 4.32. The first kappa shape index (κ1) is 19.0. The van der Waals surface area contributed by atoms with Crippen molar-refractivity contribution in [3.63, 3.8) is 0 Å². The van der Waals surface area contributed by atoms with Gasteiger partial charge in [0, 0.05) is 11.1 Å². The van der Waals surface area contributed by atoms with Gasteiger partial charge in [-0.3, -0.25) is 14.8 Å². The average molecular weight is 405 g/mol. The lowest BCUT2D eigenvalue weighted by Crippen LogP contribution is -2.18. The first-order chi connectivity index (χ1) is 12.8. The minimum atomic E-state index is -3.99. The molecule has 0 bridgehead atoms. The number of sulfonamides is 1. The summed E-state index contributed by atoms with van der Waals surface area (Å²) in [5.74, 6) is -0.981. The molecule has 0 aliphatic rings. The number of halogens is 1. The number of hydrogen-bond donors (Lipinski definition) is 2. The molecule has 6 nitrogen and oxygen atoms in total. The fourth-order valence-electron chi connectivity index (χ4n) is 2.34. The smallest absolute Gasteiger partial charge is 0.261 e. The molecule has 2 aromatic carbocycles. The lowest BCUT2D eigenvalue weighted by Gasteiger charge is -2.12. The Bertz CT molecular complexity index is 1110. The molecule has 0 spiro atoms. The number of nitrogens with zero attached hydrogens (tertiary/aromatic N) is 1. The number of hydrogen-bond acceptors (Lipinski definition) is 5. The summed E-state index contributed by atoms with van der Waals surface area (Å²) in [6.45, 7) is 3.34. The Labute approximate surface area is 160 Å². The molecule has 0 saturated carbocycles. The third-order valence-electron chi connectivity index (χ3n) is 3.70. The first-order valence-electron chi connectivity index (χ1n) is 7.88. The van der Waals surface area contributed by atoms with Gasteiger partial charge in [0.15, 0.2) is 5.13 Å². The number of benzene rings is 2. The van der Waals surface area contributed by atoms with E-state index in [2.05, 4.69) is 15.0 Å². The van der Waals surface area contributed by atoms with Gasteiger partial charge in [-0.25, -0.2) is 17.8 Å². The Morgan fingerprint density at radius 2 is 1.89 bits per heavy atom. The van der Waals surface area contributed by atoms with E-state index in [-0.39, 0.29) is 21.7 Å². The summed E-state index contributed by atoms with van der Waals surface area (Å²) >= 11 is 1.31. The summed E-state index contributed by atoms with van der Waals surface area (Å²) in [6.07, 6.45) is 1.63. The summed E-state index contributed by atoms with van der Waals surface area (Å²) in [5, 5.41) is 3.07. The molecule has 2 N–H and O–H groups in total. The van der Waals surface area contributed by atoms with Gasteiger partial charge in [0.05, 0.1) is 16.1 Å². The van der Waals surface area contributed by atoms with Crippen LogP contribution in [0, 0.1) is 19.7 Å². The highest BCUT2D eigenvalue weighted by molar-refractivity contribution is 7.92. The van der Waals surface area contributed by atoms with Gasteiger partial charge in [-0.2, -0.15) is 0 Å². The number of para-hydroxylation sites is 1. The zero-order valence-electron chi connectivity index (χ0n) is 14.5. The third-order valence-corrected chi connectivity index (χ3v) is 5.89. The second-order valence-electron chi connectivity index (χ2n) is 5.79. The molecular formula is C18H16FN3O3S2. The number of aryl methyl sites for hydroxylation is 2. The summed E-state index contributed by atoms with van der Waals surface area (Å²) in [4.78, 5) is 17.4. The van der Waals surface area contributed by atoms with Crippen LogP contribution in [-0.2, 0) is 10.0 Å². The van der Waals surface area contributed by atoms with Crippen LogP contribution in [0.4, 0.5) is 15.2 Å². The topological polar surface area (TPSA) is 88.2 Å². The van der Waals surface area contributed by atoms with Crippen molar-refractivity contribution in [1.29, 1.82) is 0 Å². The van der Waals surface area contributed by atoms with Crippen LogP contribution >= 0.6 is 11.3 Å². The van der Waals surface area contributed by atoms with Crippen LogP contribution < -0.4 is 10.0 Å². The maximum Gasteiger partial charge on any atom is 0.261 e. The average Bonchev–Trinajstić information content (AvgIpc) is 3.02. The van der Waals surface area contributed by atoms with Gasteiger partial charge in [0.1, 0.15) is 5.82 Å². The van der Waals surface area contributed by atoms with E-state index in [4.69, 9.17) is 0 Å². The molecule has 0 aliphatic carbocycles. The second kappa shape index (κ2) is 7.45. The maximum atomic E-state index is 13.4. The Balaban J connectivity index is 1.89. The SMILES string of the molecule is Cc1cnc(NC(=O)c2ccccc2NS(=O)(=O)c2ccc(F)c(C)c2)s1. The molecule has 1 aromatic heterocycles. The van der Waals surface area contributed by atoms with Crippen molar-refractivity contribution < 1.29 is 17.6 Å². The Morgan fingerprint density at radius 3 is 2.56 bits per heavy atom. The van der Waals surface area contributed by atoms with Crippen molar-refractivity contribution in [2.75, 3.05) is 10.0 Å². The Morgan fingerprint density at radius 1 is 1.15 bits per heavy atom. The van der Waals surface area contributed by atoms with Crippen LogP contribution in [0.3, 0.4) is 0 Å². The number of thiazole rings is 1. The van der Waals surface area contributed by atoms with Crippen LogP contribution in [0.15, 0.2) is 53.6 Å². The lowest BCUT2D eigenvalue weighted by molar-refractivity contribution is 0.102. The van der Waals surface area contributed by atoms with Gasteiger partial charge in [0.25, 0.3) is 15.9 Å². The van der Waals surface area contributed by atoms with E-state index in [1.165, 1.54) is 42.5 Å². The van der Waals surface area contributed by atoms with Crippen molar-refractivity contribution in [2.24, 2.45) is 0 Å². The van der Waals surface area contributed by atoms with Gasteiger partial charge in [-0.15, -0.1) is 11.3 Å². The zero-order chi connectivity index (χ0) is 19.6. The highest BCUT2D eigenvalue weighted by Gasteiger charge is 2.20. The molecule has 9 heteroatoms. The molecule has 0 fully saturated rings. The number of carbonyl (C=O) groups is 1. The van der Waals surface area contributed by atoms with E-state index >= 15 is 0 Å². The Kier molecular flexibility index (Phi) is 5.24. The van der Waals surface area contributed by atoms with Gasteiger partial charge >= 0.3 is 0 Å². The lowest BCUT2D eigenvalue weighted by atomic mass is 10.2. The van der Waals surface area contributed by atoms with E-state index in [0.717, 1.165) is 10.9 Å². The number of nitrogens with one attached hydrogen (secondary N) is 2. The quantitative estimate of drug-likeness (QED) is 0.673. The number of aromatic nitrogens is 1. The molecule has 0 aliphatic heterocycles. The van der Waals surface area contributed by atoms with Gasteiger partial charge < -0.3 is 0 Å². The van der Waals surface area contributed by atoms with Crippen LogP contribution in [0.5, 0.6) is 0 Å². The van der Waals surface area contributed by atoms with Crippen molar-refractivity contribution >= 4 is 38.1 Å². The Hall–Kier alpha value is -2.78. The fourth-order valence-corrected chi connectivity index (χ4v) is 4.16. The monoisotopic (exact) mass is 405 g/mol. The zero-order valence-corrected chi connectivity index (χ0v) is 16.1. The molecule has 3 aromatic rings. The molecule has 1 heterocycles. The first-order valence-corrected chi connectivity index (χ1v) is 10.2. The van der Waals surface area contributed by atoms with Crippen molar-refractivity contribution in [1.82, 2.24) is 4.98 Å². The van der Waals surface area contributed by atoms with E-state index in [0.29, 0.717) is 5.13 Å². The van der Waals surface area contributed by atoms with E-state index in [1.54, 1.807) is 18.3 Å². The predicted octanol–water partition coefficient (Wildman–Crippen LogP) is 3.95. The predicted molar refractivity (Wildman–Crippen MR) is 103 cm³/mol. The minimum absolute atomic E-state index is 0.0906. The van der Waals surface area contributed by atoms with E-state index < -0.39 is 21.7 Å². The van der Waals surface area contributed by atoms with Gasteiger partial charge in [-0.05, 0) is 49.7 Å². The molecule has 0 radical (unpaired) electrons. The van der Waals surface area contributed by atoms with Crippen molar-refractivity contribution in [2.45, 2.75) is 18.7 Å².